The lowest BCUT2D eigenvalue weighted by Gasteiger charge is -2.02. The van der Waals surface area contributed by atoms with Crippen molar-refractivity contribution in [1.29, 1.82) is 0 Å². The highest BCUT2D eigenvalue weighted by atomic mass is 19.1. The molecule has 0 saturated carbocycles. The first-order valence-corrected chi connectivity index (χ1v) is 4.63. The van der Waals surface area contributed by atoms with Gasteiger partial charge in [-0.1, -0.05) is 18.2 Å². The van der Waals surface area contributed by atoms with E-state index in [0.29, 0.717) is 5.56 Å². The number of pyridine rings is 1. The van der Waals surface area contributed by atoms with E-state index < -0.39 is 5.83 Å². The Bertz CT molecular complexity index is 502. The lowest BCUT2D eigenvalue weighted by atomic mass is 10.1. The van der Waals surface area contributed by atoms with Crippen LogP contribution in [0.25, 0.3) is 16.7 Å². The monoisotopic (exact) mass is 203 g/mol. The molecule has 1 N–H and O–H groups in total. The molecule has 76 valence electrons. The van der Waals surface area contributed by atoms with Gasteiger partial charge in [0.2, 0.25) is 0 Å². The second-order valence-corrected chi connectivity index (χ2v) is 3.11. The molecule has 1 aromatic carbocycles. The van der Waals surface area contributed by atoms with Gasteiger partial charge in [-0.3, -0.25) is 4.98 Å². The van der Waals surface area contributed by atoms with E-state index >= 15 is 0 Å². The summed E-state index contributed by atoms with van der Waals surface area (Å²) in [4.78, 5) is 4.13. The van der Waals surface area contributed by atoms with E-state index in [-0.39, 0.29) is 6.61 Å². The van der Waals surface area contributed by atoms with Crippen molar-refractivity contribution in [3.8, 4) is 0 Å². The third-order valence-corrected chi connectivity index (χ3v) is 2.18. The minimum absolute atomic E-state index is 0.303. The number of benzene rings is 1. The first-order chi connectivity index (χ1) is 7.33. The van der Waals surface area contributed by atoms with Gasteiger partial charge in [-0.25, -0.2) is 4.39 Å². The number of aliphatic hydroxyl groups excluding tert-OH is 1. The number of halogens is 1. The molecule has 0 radical (unpaired) electrons. The molecule has 0 bridgehead atoms. The topological polar surface area (TPSA) is 33.1 Å². The average molecular weight is 203 g/mol. The second kappa shape index (κ2) is 4.19. The molecule has 0 saturated heterocycles. The summed E-state index contributed by atoms with van der Waals surface area (Å²) >= 11 is 0. The third-order valence-electron chi connectivity index (χ3n) is 2.18. The summed E-state index contributed by atoms with van der Waals surface area (Å²) in [6.07, 6.45) is 2.70. The minimum Gasteiger partial charge on any atom is -0.392 e. The second-order valence-electron chi connectivity index (χ2n) is 3.11. The lowest BCUT2D eigenvalue weighted by molar-refractivity contribution is 0.342. The standard InChI is InChI=1S/C12H10FNO/c13-11(6-8-15)9-5-7-14-12-4-2-1-3-10(9)12/h1-7,15H,8H2/b11-6-. The fourth-order valence-electron chi connectivity index (χ4n) is 1.49. The van der Waals surface area contributed by atoms with Crippen LogP contribution in [0.1, 0.15) is 5.56 Å². The number of nitrogens with zero attached hydrogens (tertiary/aromatic N) is 1. The van der Waals surface area contributed by atoms with Crippen LogP contribution in [-0.2, 0) is 0 Å². The van der Waals surface area contributed by atoms with Gasteiger partial charge in [0.1, 0.15) is 5.83 Å². The van der Waals surface area contributed by atoms with Crippen LogP contribution in [-0.4, -0.2) is 16.7 Å². The Morgan fingerprint density at radius 2 is 2.13 bits per heavy atom. The van der Waals surface area contributed by atoms with E-state index in [1.165, 1.54) is 0 Å². The minimum atomic E-state index is -0.420. The Hall–Kier alpha value is -1.74. The van der Waals surface area contributed by atoms with Gasteiger partial charge in [0.05, 0.1) is 12.1 Å². The van der Waals surface area contributed by atoms with E-state index in [1.807, 2.05) is 24.3 Å². The molecular formula is C12H10FNO. The van der Waals surface area contributed by atoms with Gasteiger partial charge in [0.15, 0.2) is 0 Å². The number of hydrogen-bond donors (Lipinski definition) is 1. The van der Waals surface area contributed by atoms with Crippen molar-refractivity contribution in [3.05, 3.63) is 48.2 Å². The normalized spacial score (nSPS) is 12.0. The number of fused-ring (bicyclic) bond motifs is 1. The molecule has 3 heteroatoms. The first kappa shape index (κ1) is 9.80. The van der Waals surface area contributed by atoms with Crippen LogP contribution in [0.15, 0.2) is 42.6 Å². The molecular weight excluding hydrogens is 193 g/mol. The zero-order valence-electron chi connectivity index (χ0n) is 8.02. The maximum absolute atomic E-state index is 13.5. The Morgan fingerprint density at radius 3 is 2.93 bits per heavy atom. The van der Waals surface area contributed by atoms with E-state index in [2.05, 4.69) is 4.98 Å². The molecule has 0 atom stereocenters. The SMILES string of the molecule is OC/C=C(\F)c1ccnc2ccccc12. The Morgan fingerprint density at radius 1 is 1.33 bits per heavy atom. The fraction of sp³-hybridized carbons (Fsp3) is 0.0833. The van der Waals surface area contributed by atoms with Crippen LogP contribution >= 0.6 is 0 Å². The Kier molecular flexibility index (Phi) is 2.74. The molecule has 0 amide bonds. The maximum Gasteiger partial charge on any atom is 0.129 e. The van der Waals surface area contributed by atoms with Gasteiger partial charge in [0.25, 0.3) is 0 Å². The molecule has 2 nitrogen and oxygen atoms in total. The van der Waals surface area contributed by atoms with Gasteiger partial charge < -0.3 is 5.11 Å². The summed E-state index contributed by atoms with van der Waals surface area (Å²) in [6, 6.07) is 8.92. The van der Waals surface area contributed by atoms with Crippen molar-refractivity contribution in [1.82, 2.24) is 4.98 Å². The van der Waals surface area contributed by atoms with Gasteiger partial charge >= 0.3 is 0 Å². The van der Waals surface area contributed by atoms with E-state index in [1.54, 1.807) is 12.3 Å². The van der Waals surface area contributed by atoms with Gasteiger partial charge in [-0.05, 0) is 18.2 Å². The number of aliphatic hydroxyl groups is 1. The van der Waals surface area contributed by atoms with Gasteiger partial charge in [-0.15, -0.1) is 0 Å². The van der Waals surface area contributed by atoms with Crippen molar-refractivity contribution >= 4 is 16.7 Å². The highest BCUT2D eigenvalue weighted by Gasteiger charge is 2.05. The number of aromatic nitrogens is 1. The van der Waals surface area contributed by atoms with Crippen molar-refractivity contribution in [2.24, 2.45) is 0 Å². The number of para-hydroxylation sites is 1. The van der Waals surface area contributed by atoms with Crippen LogP contribution in [0.4, 0.5) is 4.39 Å². The summed E-state index contributed by atoms with van der Waals surface area (Å²) < 4.78 is 13.5. The van der Waals surface area contributed by atoms with Gasteiger partial charge in [-0.2, -0.15) is 0 Å². The van der Waals surface area contributed by atoms with Crippen molar-refractivity contribution < 1.29 is 9.50 Å². The molecule has 0 fully saturated rings. The summed E-state index contributed by atoms with van der Waals surface area (Å²) in [5.41, 5.74) is 1.21. The molecule has 2 aromatic rings. The first-order valence-electron chi connectivity index (χ1n) is 4.63. The molecule has 0 unspecified atom stereocenters. The summed E-state index contributed by atoms with van der Waals surface area (Å²) in [6.45, 7) is -0.303. The van der Waals surface area contributed by atoms with Crippen molar-refractivity contribution in [2.75, 3.05) is 6.61 Å². The fourth-order valence-corrected chi connectivity index (χ4v) is 1.49. The Balaban J connectivity index is 2.66. The number of hydrogen-bond acceptors (Lipinski definition) is 2. The maximum atomic E-state index is 13.5. The van der Waals surface area contributed by atoms with Crippen LogP contribution < -0.4 is 0 Å². The van der Waals surface area contributed by atoms with Crippen molar-refractivity contribution in [2.45, 2.75) is 0 Å². The lowest BCUT2D eigenvalue weighted by Crippen LogP contribution is -1.86. The Labute approximate surface area is 86.7 Å². The highest BCUT2D eigenvalue weighted by molar-refractivity contribution is 5.89. The summed E-state index contributed by atoms with van der Waals surface area (Å²) in [5.74, 6) is -0.420. The largest absolute Gasteiger partial charge is 0.392 e. The van der Waals surface area contributed by atoms with Crippen LogP contribution in [0.5, 0.6) is 0 Å². The number of rotatable bonds is 2. The van der Waals surface area contributed by atoms with Crippen LogP contribution in [0, 0.1) is 0 Å². The molecule has 0 aliphatic carbocycles. The quantitative estimate of drug-likeness (QED) is 0.813. The zero-order valence-corrected chi connectivity index (χ0v) is 8.02. The summed E-state index contributed by atoms with van der Waals surface area (Å²) in [5, 5.41) is 9.39. The average Bonchev–Trinajstić information content (AvgIpc) is 2.28. The highest BCUT2D eigenvalue weighted by Crippen LogP contribution is 2.23. The molecule has 1 aromatic heterocycles. The molecule has 1 heterocycles. The van der Waals surface area contributed by atoms with E-state index in [0.717, 1.165) is 17.0 Å². The molecule has 0 aliphatic rings. The molecule has 0 spiro atoms. The van der Waals surface area contributed by atoms with E-state index in [4.69, 9.17) is 5.11 Å². The third kappa shape index (κ3) is 1.87. The predicted molar refractivity (Wildman–Crippen MR) is 57.9 cm³/mol. The summed E-state index contributed by atoms with van der Waals surface area (Å²) in [7, 11) is 0. The zero-order chi connectivity index (χ0) is 10.7. The predicted octanol–water partition coefficient (Wildman–Crippen LogP) is 2.54. The van der Waals surface area contributed by atoms with Gasteiger partial charge in [0, 0.05) is 17.1 Å². The van der Waals surface area contributed by atoms with Crippen LogP contribution in [0.3, 0.4) is 0 Å². The smallest absolute Gasteiger partial charge is 0.129 e. The van der Waals surface area contributed by atoms with Crippen LogP contribution in [0.2, 0.25) is 0 Å². The molecule has 15 heavy (non-hydrogen) atoms. The van der Waals surface area contributed by atoms with E-state index in [9.17, 15) is 4.39 Å². The molecule has 2 rings (SSSR count). The molecule has 0 aliphatic heterocycles. The van der Waals surface area contributed by atoms with Crippen molar-refractivity contribution in [3.63, 3.8) is 0 Å².